The zero-order valence-corrected chi connectivity index (χ0v) is 16.3. The summed E-state index contributed by atoms with van der Waals surface area (Å²) in [7, 11) is 1.67. The molecular formula is C17H26IN3O3. The van der Waals surface area contributed by atoms with Gasteiger partial charge in [0.05, 0.1) is 19.8 Å². The zero-order valence-electron chi connectivity index (χ0n) is 14.0. The van der Waals surface area contributed by atoms with Gasteiger partial charge in [-0.2, -0.15) is 0 Å². The Balaban J connectivity index is 0.00000208. The van der Waals surface area contributed by atoms with Gasteiger partial charge in [-0.25, -0.2) is 0 Å². The highest BCUT2D eigenvalue weighted by Crippen LogP contribution is 2.39. The van der Waals surface area contributed by atoms with Crippen molar-refractivity contribution < 1.29 is 14.2 Å². The number of anilines is 1. The Morgan fingerprint density at radius 1 is 1.38 bits per heavy atom. The molecule has 24 heavy (non-hydrogen) atoms. The number of rotatable bonds is 5. The van der Waals surface area contributed by atoms with Crippen LogP contribution in [-0.4, -0.2) is 38.1 Å². The Bertz CT molecular complexity index is 562. The van der Waals surface area contributed by atoms with Crippen LogP contribution in [0.3, 0.4) is 0 Å². The average molecular weight is 447 g/mol. The molecule has 1 saturated heterocycles. The highest BCUT2D eigenvalue weighted by Gasteiger charge is 2.43. The van der Waals surface area contributed by atoms with Crippen LogP contribution in [0.15, 0.2) is 29.3 Å². The van der Waals surface area contributed by atoms with Crippen LogP contribution in [0.4, 0.5) is 5.69 Å². The number of nitrogens with zero attached hydrogens (tertiary/aromatic N) is 1. The van der Waals surface area contributed by atoms with Crippen LogP contribution in [0.5, 0.6) is 0 Å². The second-order valence-electron chi connectivity index (χ2n) is 6.11. The summed E-state index contributed by atoms with van der Waals surface area (Å²) >= 11 is 0. The molecule has 1 aromatic carbocycles. The van der Waals surface area contributed by atoms with Crippen LogP contribution < -0.4 is 11.1 Å². The molecule has 2 aliphatic rings. The number of para-hydroxylation sites is 1. The molecular weight excluding hydrogens is 421 g/mol. The molecule has 0 aromatic heterocycles. The first-order valence-electron chi connectivity index (χ1n) is 8.16. The molecule has 1 atom stereocenters. The van der Waals surface area contributed by atoms with Crippen molar-refractivity contribution >= 4 is 35.6 Å². The summed E-state index contributed by atoms with van der Waals surface area (Å²) in [4.78, 5) is 4.39. The number of nitrogens with two attached hydrogens (primary N) is 1. The van der Waals surface area contributed by atoms with Crippen molar-refractivity contribution in [2.75, 3.05) is 25.6 Å². The second-order valence-corrected chi connectivity index (χ2v) is 6.11. The summed E-state index contributed by atoms with van der Waals surface area (Å²) in [5, 5.41) is 3.13. The maximum Gasteiger partial charge on any atom is 0.193 e. The number of hydrogen-bond donors (Lipinski definition) is 2. The molecule has 3 N–H and O–H groups in total. The Kier molecular flexibility index (Phi) is 7.27. The van der Waals surface area contributed by atoms with Crippen molar-refractivity contribution in [3.05, 3.63) is 29.8 Å². The lowest BCUT2D eigenvalue weighted by molar-refractivity contribution is -0.160. The van der Waals surface area contributed by atoms with Crippen LogP contribution in [0.2, 0.25) is 0 Å². The van der Waals surface area contributed by atoms with Gasteiger partial charge in [0.1, 0.15) is 6.10 Å². The third-order valence-electron chi connectivity index (χ3n) is 4.32. The van der Waals surface area contributed by atoms with E-state index in [-0.39, 0.29) is 35.9 Å². The van der Waals surface area contributed by atoms with Gasteiger partial charge in [0.15, 0.2) is 11.7 Å². The highest BCUT2D eigenvalue weighted by molar-refractivity contribution is 14.0. The summed E-state index contributed by atoms with van der Waals surface area (Å²) in [6.45, 7) is 1.63. The van der Waals surface area contributed by atoms with Crippen molar-refractivity contribution in [1.82, 2.24) is 0 Å². The van der Waals surface area contributed by atoms with E-state index in [1.54, 1.807) is 7.11 Å². The minimum atomic E-state index is -0.340. The molecule has 3 rings (SSSR count). The SMILES string of the molecule is COCc1ccccc1NC(N)=NCC1COC2(CCCC2)O1.I. The Morgan fingerprint density at radius 3 is 2.88 bits per heavy atom. The maximum atomic E-state index is 6.04. The maximum absolute atomic E-state index is 6.04. The normalized spacial score (nSPS) is 22.5. The van der Waals surface area contributed by atoms with E-state index < -0.39 is 0 Å². The minimum Gasteiger partial charge on any atom is -0.380 e. The second kappa shape index (κ2) is 8.98. The number of guanidine groups is 1. The number of benzene rings is 1. The molecule has 0 amide bonds. The quantitative estimate of drug-likeness (QED) is 0.413. The fourth-order valence-electron chi connectivity index (χ4n) is 3.18. The third-order valence-corrected chi connectivity index (χ3v) is 4.32. The Labute approximate surface area is 160 Å². The van der Waals surface area contributed by atoms with E-state index in [1.807, 2.05) is 24.3 Å². The summed E-state index contributed by atoms with van der Waals surface area (Å²) in [5.74, 6) is 0.0394. The van der Waals surface area contributed by atoms with Gasteiger partial charge < -0.3 is 25.3 Å². The largest absolute Gasteiger partial charge is 0.380 e. The molecule has 134 valence electrons. The van der Waals surface area contributed by atoms with Gasteiger partial charge in [-0.1, -0.05) is 18.2 Å². The number of aliphatic imine (C=N–C) groups is 1. The Morgan fingerprint density at radius 2 is 2.12 bits per heavy atom. The van der Waals surface area contributed by atoms with Crippen molar-refractivity contribution in [2.24, 2.45) is 10.7 Å². The molecule has 1 heterocycles. The number of ether oxygens (including phenoxy) is 3. The molecule has 0 radical (unpaired) electrons. The van der Waals surface area contributed by atoms with Gasteiger partial charge in [0.2, 0.25) is 0 Å². The standard InChI is InChI=1S/C17H25N3O3.HI/c1-21-11-13-6-2-3-7-15(13)20-16(18)19-10-14-12-22-17(23-14)8-4-5-9-17;/h2-3,6-7,14H,4-5,8-12H2,1H3,(H3,18,19,20);1H. The average Bonchev–Trinajstić information content (AvgIpc) is 3.18. The van der Waals surface area contributed by atoms with Gasteiger partial charge in [0, 0.05) is 31.2 Å². The monoisotopic (exact) mass is 447 g/mol. The third kappa shape index (κ3) is 4.81. The van der Waals surface area contributed by atoms with E-state index >= 15 is 0 Å². The van der Waals surface area contributed by atoms with Gasteiger partial charge in [0.25, 0.3) is 0 Å². The molecule has 0 bridgehead atoms. The molecule has 1 aliphatic carbocycles. The first kappa shape index (κ1) is 19.4. The van der Waals surface area contributed by atoms with E-state index in [4.69, 9.17) is 19.9 Å². The fraction of sp³-hybridized carbons (Fsp3) is 0.588. The van der Waals surface area contributed by atoms with E-state index in [9.17, 15) is 0 Å². The summed E-state index contributed by atoms with van der Waals surface area (Å²) in [6.07, 6.45) is 4.32. The minimum absolute atomic E-state index is 0. The topological polar surface area (TPSA) is 78.1 Å². The van der Waals surface area contributed by atoms with Crippen LogP contribution in [-0.2, 0) is 20.8 Å². The molecule has 2 fully saturated rings. The summed E-state index contributed by atoms with van der Waals surface area (Å²) in [6, 6.07) is 7.88. The number of hydrogen-bond acceptors (Lipinski definition) is 4. The summed E-state index contributed by atoms with van der Waals surface area (Å²) in [5.41, 5.74) is 7.94. The Hall–Kier alpha value is -0.900. The zero-order chi connectivity index (χ0) is 16.1. The lowest BCUT2D eigenvalue weighted by atomic mass is 10.2. The van der Waals surface area contributed by atoms with Crippen LogP contribution in [0, 0.1) is 0 Å². The van der Waals surface area contributed by atoms with Gasteiger partial charge in [-0.05, 0) is 18.9 Å². The van der Waals surface area contributed by atoms with Crippen LogP contribution in [0.25, 0.3) is 0 Å². The molecule has 1 saturated carbocycles. The smallest absolute Gasteiger partial charge is 0.193 e. The lowest BCUT2D eigenvalue weighted by Gasteiger charge is -2.21. The van der Waals surface area contributed by atoms with Gasteiger partial charge in [-0.15, -0.1) is 24.0 Å². The number of nitrogens with one attached hydrogen (secondary N) is 1. The molecule has 1 spiro atoms. The number of methoxy groups -OCH3 is 1. The summed E-state index contributed by atoms with van der Waals surface area (Å²) < 4.78 is 17.1. The first-order valence-corrected chi connectivity index (χ1v) is 8.16. The van der Waals surface area contributed by atoms with E-state index in [1.165, 1.54) is 12.8 Å². The van der Waals surface area contributed by atoms with E-state index in [2.05, 4.69) is 10.3 Å². The van der Waals surface area contributed by atoms with Crippen molar-refractivity contribution in [3.8, 4) is 0 Å². The van der Waals surface area contributed by atoms with Crippen molar-refractivity contribution in [1.29, 1.82) is 0 Å². The van der Waals surface area contributed by atoms with Crippen molar-refractivity contribution in [2.45, 2.75) is 44.2 Å². The first-order chi connectivity index (χ1) is 11.2. The molecule has 1 aliphatic heterocycles. The molecule has 6 nitrogen and oxygen atoms in total. The molecule has 1 aromatic rings. The lowest BCUT2D eigenvalue weighted by Crippen LogP contribution is -2.29. The molecule has 7 heteroatoms. The van der Waals surface area contributed by atoms with E-state index in [0.29, 0.717) is 25.7 Å². The van der Waals surface area contributed by atoms with Crippen LogP contribution in [0.1, 0.15) is 31.2 Å². The predicted octanol–water partition coefficient (Wildman–Crippen LogP) is 2.86. The van der Waals surface area contributed by atoms with Gasteiger partial charge in [-0.3, -0.25) is 4.99 Å². The van der Waals surface area contributed by atoms with Crippen LogP contribution >= 0.6 is 24.0 Å². The predicted molar refractivity (Wildman–Crippen MR) is 105 cm³/mol. The molecule has 1 unspecified atom stereocenters. The van der Waals surface area contributed by atoms with Crippen molar-refractivity contribution in [3.63, 3.8) is 0 Å². The number of halogens is 1. The van der Waals surface area contributed by atoms with E-state index in [0.717, 1.165) is 24.1 Å². The highest BCUT2D eigenvalue weighted by atomic mass is 127. The van der Waals surface area contributed by atoms with Gasteiger partial charge >= 0.3 is 0 Å². The fourth-order valence-corrected chi connectivity index (χ4v) is 3.18.